The molecule has 1 saturated carbocycles. The summed E-state index contributed by atoms with van der Waals surface area (Å²) in [7, 11) is 3.46. The van der Waals surface area contributed by atoms with E-state index in [0.717, 1.165) is 18.4 Å². The van der Waals surface area contributed by atoms with E-state index < -0.39 is 0 Å². The van der Waals surface area contributed by atoms with Crippen LogP contribution in [0.2, 0.25) is 0 Å². The monoisotopic (exact) mass is 229 g/mol. The van der Waals surface area contributed by atoms with E-state index in [1.807, 2.05) is 0 Å². The first kappa shape index (κ1) is 13.3. The summed E-state index contributed by atoms with van der Waals surface area (Å²) >= 11 is 0. The van der Waals surface area contributed by atoms with Gasteiger partial charge in [0, 0.05) is 26.7 Å². The van der Waals surface area contributed by atoms with Crippen molar-refractivity contribution in [1.29, 1.82) is 0 Å². The number of nitrogens with zero attached hydrogens (tertiary/aromatic N) is 1. The third-order valence-corrected chi connectivity index (χ3v) is 2.63. The molecule has 5 heteroatoms. The molecule has 0 amide bonds. The third kappa shape index (κ3) is 5.32. The normalized spacial score (nSPS) is 24.3. The van der Waals surface area contributed by atoms with Crippen molar-refractivity contribution in [3.63, 3.8) is 0 Å². The van der Waals surface area contributed by atoms with Gasteiger partial charge in [0.25, 0.3) is 0 Å². The predicted molar refractivity (Wildman–Crippen MR) is 64.8 cm³/mol. The third-order valence-electron chi connectivity index (χ3n) is 2.63. The van der Waals surface area contributed by atoms with Crippen LogP contribution in [0.3, 0.4) is 0 Å². The summed E-state index contributed by atoms with van der Waals surface area (Å²) in [6, 6.07) is 0.598. The van der Waals surface area contributed by atoms with E-state index in [0.29, 0.717) is 25.9 Å². The highest BCUT2D eigenvalue weighted by atomic mass is 16.5. The Morgan fingerprint density at radius 2 is 2.12 bits per heavy atom. The Morgan fingerprint density at radius 1 is 1.38 bits per heavy atom. The van der Waals surface area contributed by atoms with Crippen LogP contribution in [-0.4, -0.2) is 52.5 Å². The van der Waals surface area contributed by atoms with Crippen LogP contribution in [-0.2, 0) is 9.47 Å². The van der Waals surface area contributed by atoms with Crippen molar-refractivity contribution in [2.45, 2.75) is 19.4 Å². The molecule has 1 aliphatic rings. The summed E-state index contributed by atoms with van der Waals surface area (Å²) in [6.45, 7) is 4.96. The Kier molecular flexibility index (Phi) is 6.18. The molecule has 0 aromatic carbocycles. The summed E-state index contributed by atoms with van der Waals surface area (Å²) in [6.07, 6.45) is 1.24. The van der Waals surface area contributed by atoms with E-state index in [-0.39, 0.29) is 0 Å². The number of methoxy groups -OCH3 is 1. The van der Waals surface area contributed by atoms with Gasteiger partial charge in [0.15, 0.2) is 5.96 Å². The molecule has 0 aromatic rings. The molecule has 1 aliphatic carbocycles. The summed E-state index contributed by atoms with van der Waals surface area (Å²) in [4.78, 5) is 4.15. The number of nitrogens with one attached hydrogen (secondary N) is 2. The van der Waals surface area contributed by atoms with E-state index in [4.69, 9.17) is 9.47 Å². The van der Waals surface area contributed by atoms with Gasteiger partial charge in [-0.2, -0.15) is 0 Å². The highest BCUT2D eigenvalue weighted by molar-refractivity contribution is 5.80. The molecular formula is C11H23N3O2. The van der Waals surface area contributed by atoms with Gasteiger partial charge in [-0.3, -0.25) is 4.99 Å². The minimum atomic E-state index is 0.598. The molecule has 0 radical (unpaired) electrons. The van der Waals surface area contributed by atoms with Gasteiger partial charge in [0.05, 0.1) is 19.8 Å². The maximum absolute atomic E-state index is 5.34. The standard InChI is InChI=1S/C11H23N3O2/c1-9-8-10(9)14-11(12-2)13-4-5-16-7-6-15-3/h9-10H,4-8H2,1-3H3,(H2,12,13,14). The first-order valence-electron chi connectivity index (χ1n) is 5.81. The summed E-state index contributed by atoms with van der Waals surface area (Å²) in [5.74, 6) is 1.64. The molecule has 0 spiro atoms. The number of hydrogen-bond acceptors (Lipinski definition) is 3. The van der Waals surface area contributed by atoms with Crippen LogP contribution in [0.1, 0.15) is 13.3 Å². The molecule has 2 N–H and O–H groups in total. The summed E-state index contributed by atoms with van der Waals surface area (Å²) in [5.41, 5.74) is 0. The first-order chi connectivity index (χ1) is 7.77. The van der Waals surface area contributed by atoms with Crippen molar-refractivity contribution in [3.05, 3.63) is 0 Å². The van der Waals surface area contributed by atoms with Crippen molar-refractivity contribution in [3.8, 4) is 0 Å². The highest BCUT2D eigenvalue weighted by Gasteiger charge is 2.32. The SMILES string of the molecule is CN=C(NCCOCCOC)NC1CC1C. The number of aliphatic imine (C=N–C) groups is 1. The van der Waals surface area contributed by atoms with Crippen LogP contribution in [0, 0.1) is 5.92 Å². The number of ether oxygens (including phenoxy) is 2. The van der Waals surface area contributed by atoms with Crippen LogP contribution < -0.4 is 10.6 Å². The lowest BCUT2D eigenvalue weighted by atomic mass is 10.5. The molecule has 1 fully saturated rings. The minimum absolute atomic E-state index is 0.598. The lowest BCUT2D eigenvalue weighted by Crippen LogP contribution is -2.40. The molecule has 0 aliphatic heterocycles. The average Bonchev–Trinajstić information content (AvgIpc) is 2.97. The van der Waals surface area contributed by atoms with Crippen molar-refractivity contribution >= 4 is 5.96 Å². The Morgan fingerprint density at radius 3 is 2.69 bits per heavy atom. The quantitative estimate of drug-likeness (QED) is 0.372. The fraction of sp³-hybridized carbons (Fsp3) is 0.909. The van der Waals surface area contributed by atoms with E-state index in [1.54, 1.807) is 14.2 Å². The van der Waals surface area contributed by atoms with Gasteiger partial charge in [-0.25, -0.2) is 0 Å². The highest BCUT2D eigenvalue weighted by Crippen LogP contribution is 2.28. The van der Waals surface area contributed by atoms with Gasteiger partial charge >= 0.3 is 0 Å². The molecule has 0 heterocycles. The number of hydrogen-bond donors (Lipinski definition) is 2. The fourth-order valence-electron chi connectivity index (χ4n) is 1.38. The zero-order chi connectivity index (χ0) is 11.8. The minimum Gasteiger partial charge on any atom is -0.382 e. The number of rotatable bonds is 7. The molecular weight excluding hydrogens is 206 g/mol. The van der Waals surface area contributed by atoms with Crippen LogP contribution >= 0.6 is 0 Å². The van der Waals surface area contributed by atoms with Crippen LogP contribution in [0.5, 0.6) is 0 Å². The van der Waals surface area contributed by atoms with Crippen LogP contribution in [0.25, 0.3) is 0 Å². The van der Waals surface area contributed by atoms with E-state index in [2.05, 4.69) is 22.5 Å². The summed E-state index contributed by atoms with van der Waals surface area (Å²) in [5, 5.41) is 6.56. The Labute approximate surface area is 97.6 Å². The van der Waals surface area contributed by atoms with Gasteiger partial charge in [-0.1, -0.05) is 6.92 Å². The van der Waals surface area contributed by atoms with E-state index in [9.17, 15) is 0 Å². The Hall–Kier alpha value is -0.810. The van der Waals surface area contributed by atoms with Crippen molar-refractivity contribution in [1.82, 2.24) is 10.6 Å². The van der Waals surface area contributed by atoms with Gasteiger partial charge in [-0.05, 0) is 12.3 Å². The molecule has 2 unspecified atom stereocenters. The molecule has 94 valence electrons. The zero-order valence-corrected chi connectivity index (χ0v) is 10.5. The number of guanidine groups is 1. The Balaban J connectivity index is 1.97. The second-order valence-electron chi connectivity index (χ2n) is 4.07. The van der Waals surface area contributed by atoms with Crippen molar-refractivity contribution in [2.75, 3.05) is 40.5 Å². The van der Waals surface area contributed by atoms with E-state index in [1.165, 1.54) is 6.42 Å². The average molecular weight is 229 g/mol. The van der Waals surface area contributed by atoms with Crippen molar-refractivity contribution in [2.24, 2.45) is 10.9 Å². The maximum atomic E-state index is 5.34. The predicted octanol–water partition coefficient (Wildman–Crippen LogP) is 0.223. The topological polar surface area (TPSA) is 54.9 Å². The van der Waals surface area contributed by atoms with Gasteiger partial charge < -0.3 is 20.1 Å². The van der Waals surface area contributed by atoms with E-state index >= 15 is 0 Å². The Bertz CT molecular complexity index is 221. The molecule has 5 nitrogen and oxygen atoms in total. The fourth-order valence-corrected chi connectivity index (χ4v) is 1.38. The molecule has 0 aromatic heterocycles. The van der Waals surface area contributed by atoms with Gasteiger partial charge in [0.1, 0.15) is 0 Å². The second kappa shape index (κ2) is 7.46. The lowest BCUT2D eigenvalue weighted by molar-refractivity contribution is 0.0733. The lowest BCUT2D eigenvalue weighted by Gasteiger charge is -2.11. The van der Waals surface area contributed by atoms with Crippen LogP contribution in [0.15, 0.2) is 4.99 Å². The largest absolute Gasteiger partial charge is 0.382 e. The molecule has 0 bridgehead atoms. The van der Waals surface area contributed by atoms with Gasteiger partial charge in [-0.15, -0.1) is 0 Å². The second-order valence-corrected chi connectivity index (χ2v) is 4.07. The van der Waals surface area contributed by atoms with Crippen molar-refractivity contribution < 1.29 is 9.47 Å². The molecule has 0 saturated heterocycles. The molecule has 1 rings (SSSR count). The summed E-state index contributed by atoms with van der Waals surface area (Å²) < 4.78 is 10.2. The molecule has 2 atom stereocenters. The first-order valence-corrected chi connectivity index (χ1v) is 5.81. The maximum Gasteiger partial charge on any atom is 0.191 e. The smallest absolute Gasteiger partial charge is 0.191 e. The zero-order valence-electron chi connectivity index (χ0n) is 10.5. The van der Waals surface area contributed by atoms with Gasteiger partial charge in [0.2, 0.25) is 0 Å². The molecule has 16 heavy (non-hydrogen) atoms. The van der Waals surface area contributed by atoms with Crippen LogP contribution in [0.4, 0.5) is 0 Å².